The van der Waals surface area contributed by atoms with Crippen molar-refractivity contribution in [1.29, 1.82) is 0 Å². The van der Waals surface area contributed by atoms with Crippen LogP contribution in [-0.4, -0.2) is 29.2 Å². The summed E-state index contributed by atoms with van der Waals surface area (Å²) in [4.78, 5) is 5.04. The third-order valence-corrected chi connectivity index (χ3v) is 7.21. The topological polar surface area (TPSA) is 48.3 Å². The minimum atomic E-state index is -4.80. The Hall–Kier alpha value is -3.85. The second kappa shape index (κ2) is 12.8. The van der Waals surface area contributed by atoms with Crippen LogP contribution < -0.4 is 14.8 Å². The predicted octanol–water partition coefficient (Wildman–Crippen LogP) is 8.53. The highest BCUT2D eigenvalue weighted by Crippen LogP contribution is 2.38. The molecule has 4 aromatic rings. The first-order chi connectivity index (χ1) is 19.8. The molecule has 1 fully saturated rings. The number of hydrogen-bond acceptors (Lipinski definition) is 4. The van der Waals surface area contributed by atoms with E-state index < -0.39 is 17.6 Å². The summed E-state index contributed by atoms with van der Waals surface area (Å²) in [7, 11) is 0. The van der Waals surface area contributed by atoms with Crippen LogP contribution in [0.15, 0.2) is 72.9 Å². The zero-order valence-corrected chi connectivity index (χ0v) is 22.9. The number of alkyl halides is 3. The third kappa shape index (κ3) is 7.08. The molecule has 5 nitrogen and oxygen atoms in total. The lowest BCUT2D eigenvalue weighted by molar-refractivity contribution is -0.140. The molecule has 0 radical (unpaired) electrons. The highest BCUT2D eigenvalue weighted by Gasteiger charge is 2.34. The number of benzene rings is 3. The van der Waals surface area contributed by atoms with Crippen molar-refractivity contribution in [2.45, 2.75) is 51.1 Å². The van der Waals surface area contributed by atoms with Crippen molar-refractivity contribution < 1.29 is 27.0 Å². The number of nitrogens with zero attached hydrogens (tertiary/aromatic N) is 2. The van der Waals surface area contributed by atoms with Gasteiger partial charge in [0.15, 0.2) is 0 Å². The first kappa shape index (κ1) is 28.7. The van der Waals surface area contributed by atoms with E-state index in [1.807, 2.05) is 42.6 Å². The lowest BCUT2D eigenvalue weighted by Gasteiger charge is -2.14. The molecule has 9 heteroatoms. The lowest BCUT2D eigenvalue weighted by atomic mass is 10.1. The zero-order valence-electron chi connectivity index (χ0n) is 22.9. The summed E-state index contributed by atoms with van der Waals surface area (Å²) < 4.78 is 66.5. The molecule has 0 aliphatic heterocycles. The number of hydrogen-bond donors (Lipinski definition) is 1. The molecule has 0 spiro atoms. The predicted molar refractivity (Wildman–Crippen MR) is 150 cm³/mol. The average Bonchev–Trinajstić information content (AvgIpc) is 3.65. The first-order valence-electron chi connectivity index (χ1n) is 14.0. The maximum Gasteiger partial charge on any atom is 0.419 e. The maximum atomic E-state index is 13.6. The molecule has 0 bridgehead atoms. The Bertz CT molecular complexity index is 1430. The Morgan fingerprint density at radius 1 is 0.927 bits per heavy atom. The summed E-state index contributed by atoms with van der Waals surface area (Å²) in [5, 5.41) is 3.28. The lowest BCUT2D eigenvalue weighted by Crippen LogP contribution is -2.16. The molecule has 0 unspecified atom stereocenters. The largest absolute Gasteiger partial charge is 0.494 e. The van der Waals surface area contributed by atoms with E-state index in [-0.39, 0.29) is 5.75 Å². The van der Waals surface area contributed by atoms with Crippen LogP contribution in [0.2, 0.25) is 0 Å². The molecular weight excluding hydrogens is 534 g/mol. The van der Waals surface area contributed by atoms with Crippen LogP contribution in [0.25, 0.3) is 16.9 Å². The van der Waals surface area contributed by atoms with Gasteiger partial charge in [-0.05, 0) is 99.1 Å². The summed E-state index contributed by atoms with van der Waals surface area (Å²) >= 11 is 0. The third-order valence-electron chi connectivity index (χ3n) is 7.21. The molecule has 216 valence electrons. The Kier molecular flexibility index (Phi) is 8.93. The molecule has 1 saturated carbocycles. The minimum absolute atomic E-state index is 0.0897. The summed E-state index contributed by atoms with van der Waals surface area (Å²) in [5.74, 6) is 1.07. The summed E-state index contributed by atoms with van der Waals surface area (Å²) in [5.41, 5.74) is 1.35. The van der Waals surface area contributed by atoms with E-state index in [9.17, 15) is 17.6 Å². The average molecular weight is 568 g/mol. The molecule has 3 aromatic carbocycles. The van der Waals surface area contributed by atoms with Crippen LogP contribution in [0.4, 0.5) is 17.6 Å². The molecule has 5 rings (SSSR count). The van der Waals surface area contributed by atoms with E-state index in [2.05, 4.69) is 16.8 Å². The van der Waals surface area contributed by atoms with E-state index in [4.69, 9.17) is 14.5 Å². The van der Waals surface area contributed by atoms with E-state index in [0.717, 1.165) is 79.8 Å². The Morgan fingerprint density at radius 2 is 1.61 bits per heavy atom. The second-order valence-electron chi connectivity index (χ2n) is 10.2. The van der Waals surface area contributed by atoms with Crippen LogP contribution in [0.3, 0.4) is 0 Å². The number of ether oxygens (including phenoxy) is 2. The monoisotopic (exact) mass is 567 g/mol. The Morgan fingerprint density at radius 3 is 2.29 bits per heavy atom. The number of aromatic nitrogens is 2. The van der Waals surface area contributed by atoms with E-state index in [1.165, 1.54) is 6.07 Å². The highest BCUT2D eigenvalue weighted by atomic mass is 19.4. The molecule has 1 aliphatic rings. The molecule has 0 amide bonds. The summed E-state index contributed by atoms with van der Waals surface area (Å²) in [6.45, 7) is 4.60. The minimum Gasteiger partial charge on any atom is -0.494 e. The second-order valence-corrected chi connectivity index (χ2v) is 10.2. The number of imidazole rings is 1. The summed E-state index contributed by atoms with van der Waals surface area (Å²) in [6, 6.07) is 17.6. The number of nitrogens with one attached hydrogen (secondary N) is 1. The maximum absolute atomic E-state index is 13.6. The fourth-order valence-corrected chi connectivity index (χ4v) is 5.09. The van der Waals surface area contributed by atoms with Crippen LogP contribution in [0, 0.1) is 5.82 Å². The molecule has 1 aliphatic carbocycles. The van der Waals surface area contributed by atoms with Crippen LogP contribution in [-0.2, 0) is 6.18 Å². The molecule has 41 heavy (non-hydrogen) atoms. The van der Waals surface area contributed by atoms with Crippen molar-refractivity contribution in [2.75, 3.05) is 19.7 Å². The van der Waals surface area contributed by atoms with Crippen molar-refractivity contribution in [3.63, 3.8) is 0 Å². The standard InChI is InChI=1S/C32H33F4N3O2/c1-2-37-18-5-19-40-25-12-8-22(9-13-25)30-21-39(31(38-30)23-6-3-4-7-23)24-10-14-26(15-11-24)41-27-16-17-29(33)28(20-27)32(34,35)36/h8-17,20-21,23,37H,2-7,18-19H2,1H3. The number of rotatable bonds is 11. The molecular formula is C32H33F4N3O2. The van der Waals surface area contributed by atoms with Crippen molar-refractivity contribution in [3.8, 4) is 34.2 Å². The van der Waals surface area contributed by atoms with Crippen molar-refractivity contribution in [1.82, 2.24) is 14.9 Å². The fourth-order valence-electron chi connectivity index (χ4n) is 5.09. The van der Waals surface area contributed by atoms with Crippen LogP contribution >= 0.6 is 0 Å². The van der Waals surface area contributed by atoms with Crippen molar-refractivity contribution in [2.24, 2.45) is 0 Å². The van der Waals surface area contributed by atoms with Crippen molar-refractivity contribution >= 4 is 0 Å². The summed E-state index contributed by atoms with van der Waals surface area (Å²) in [6.07, 6.45) is 2.63. The van der Waals surface area contributed by atoms with Gasteiger partial charge in [-0.2, -0.15) is 13.2 Å². The van der Waals surface area contributed by atoms with Gasteiger partial charge >= 0.3 is 6.18 Å². The quantitative estimate of drug-likeness (QED) is 0.146. The van der Waals surface area contributed by atoms with Gasteiger partial charge in [0.2, 0.25) is 0 Å². The van der Waals surface area contributed by atoms with Gasteiger partial charge in [0.05, 0.1) is 17.9 Å². The Labute approximate surface area is 237 Å². The van der Waals surface area contributed by atoms with Crippen LogP contribution in [0.5, 0.6) is 17.2 Å². The Balaban J connectivity index is 1.34. The van der Waals surface area contributed by atoms with E-state index in [0.29, 0.717) is 24.3 Å². The molecule has 1 aromatic heterocycles. The van der Waals surface area contributed by atoms with Gasteiger partial charge < -0.3 is 19.4 Å². The van der Waals surface area contributed by atoms with Crippen molar-refractivity contribution in [3.05, 3.63) is 90.1 Å². The zero-order chi connectivity index (χ0) is 28.8. The normalized spacial score (nSPS) is 14.0. The van der Waals surface area contributed by atoms with Gasteiger partial charge in [-0.15, -0.1) is 0 Å². The van der Waals surface area contributed by atoms with Gasteiger partial charge in [0.1, 0.15) is 28.9 Å². The van der Waals surface area contributed by atoms with Gasteiger partial charge in [-0.1, -0.05) is 19.8 Å². The fraction of sp³-hybridized carbons (Fsp3) is 0.344. The highest BCUT2D eigenvalue weighted by molar-refractivity contribution is 5.61. The van der Waals surface area contributed by atoms with Gasteiger partial charge in [0.25, 0.3) is 0 Å². The SMILES string of the molecule is CCNCCCOc1ccc(-c2cn(-c3ccc(Oc4ccc(F)c(C(F)(F)F)c4)cc3)c(C3CCCC3)n2)cc1. The van der Waals surface area contributed by atoms with Gasteiger partial charge in [-0.25, -0.2) is 9.37 Å². The first-order valence-corrected chi connectivity index (χ1v) is 14.0. The van der Waals surface area contributed by atoms with Gasteiger partial charge in [-0.3, -0.25) is 0 Å². The smallest absolute Gasteiger partial charge is 0.419 e. The molecule has 0 atom stereocenters. The molecule has 1 heterocycles. The van der Waals surface area contributed by atoms with E-state index in [1.54, 1.807) is 12.1 Å². The number of halogens is 4. The van der Waals surface area contributed by atoms with Gasteiger partial charge in [0, 0.05) is 23.4 Å². The molecule has 0 saturated heterocycles. The van der Waals surface area contributed by atoms with E-state index >= 15 is 0 Å². The van der Waals surface area contributed by atoms with Crippen LogP contribution in [0.1, 0.15) is 56.3 Å². The molecule has 1 N–H and O–H groups in total.